The lowest BCUT2D eigenvalue weighted by molar-refractivity contribution is 0.0961. The summed E-state index contributed by atoms with van der Waals surface area (Å²) in [6.07, 6.45) is 2.73. The third-order valence-corrected chi connectivity index (χ3v) is 6.21. The van der Waals surface area contributed by atoms with E-state index in [2.05, 4.69) is 4.98 Å². The lowest BCUT2D eigenvalue weighted by Crippen LogP contribution is -2.23. The molecule has 1 aliphatic rings. The van der Waals surface area contributed by atoms with Crippen molar-refractivity contribution >= 4 is 11.4 Å². The minimum atomic E-state index is -0.0355. The van der Waals surface area contributed by atoms with Gasteiger partial charge in [0, 0.05) is 31.7 Å². The summed E-state index contributed by atoms with van der Waals surface area (Å²) in [5.74, 6) is 1.45. The van der Waals surface area contributed by atoms with Crippen LogP contribution in [0.3, 0.4) is 0 Å². The van der Waals surface area contributed by atoms with Crippen molar-refractivity contribution < 1.29 is 19.0 Å². The van der Waals surface area contributed by atoms with Crippen LogP contribution in [0.1, 0.15) is 39.6 Å². The average molecular weight is 444 g/mol. The van der Waals surface area contributed by atoms with Crippen LogP contribution in [0.2, 0.25) is 0 Å². The molecule has 0 N–H and O–H groups in total. The maximum atomic E-state index is 13.2. The third kappa shape index (κ3) is 3.64. The van der Waals surface area contributed by atoms with E-state index in [9.17, 15) is 4.79 Å². The van der Waals surface area contributed by atoms with Crippen LogP contribution in [0, 0.1) is 0 Å². The van der Waals surface area contributed by atoms with Gasteiger partial charge >= 0.3 is 0 Å². The summed E-state index contributed by atoms with van der Waals surface area (Å²) in [5.41, 5.74) is 5.92. The van der Waals surface area contributed by atoms with E-state index >= 15 is 0 Å². The number of aromatic nitrogens is 3. The number of ketones is 1. The van der Waals surface area contributed by atoms with Gasteiger partial charge in [0.1, 0.15) is 11.5 Å². The third-order valence-electron chi connectivity index (χ3n) is 6.21. The van der Waals surface area contributed by atoms with Gasteiger partial charge < -0.3 is 14.2 Å². The first-order valence-corrected chi connectivity index (χ1v) is 10.8. The first-order chi connectivity index (χ1) is 16.1. The minimum absolute atomic E-state index is 0.0355. The molecule has 4 aromatic rings. The first kappa shape index (κ1) is 21.2. The molecule has 0 amide bonds. The smallest absolute Gasteiger partial charge is 0.166 e. The van der Waals surface area contributed by atoms with Crippen molar-refractivity contribution in [2.75, 3.05) is 21.3 Å². The van der Waals surface area contributed by atoms with Gasteiger partial charge in [-0.25, -0.2) is 9.50 Å². The Bertz CT molecular complexity index is 1330. The fourth-order valence-electron chi connectivity index (χ4n) is 4.66. The minimum Gasteiger partial charge on any atom is -0.497 e. The van der Waals surface area contributed by atoms with Crippen LogP contribution in [0.15, 0.2) is 54.7 Å². The number of benzene rings is 2. The van der Waals surface area contributed by atoms with E-state index in [0.29, 0.717) is 36.5 Å². The quantitative estimate of drug-likeness (QED) is 0.438. The highest BCUT2D eigenvalue weighted by Crippen LogP contribution is 2.39. The Morgan fingerprint density at radius 1 is 1.03 bits per heavy atom. The number of fused-ring (bicyclic) bond motifs is 3. The first-order valence-electron chi connectivity index (χ1n) is 10.8. The zero-order valence-electron chi connectivity index (χ0n) is 18.9. The van der Waals surface area contributed by atoms with Crippen molar-refractivity contribution in [2.24, 2.45) is 0 Å². The van der Waals surface area contributed by atoms with Gasteiger partial charge in [0.05, 0.1) is 43.3 Å². The molecule has 0 radical (unpaired) electrons. The molecule has 0 aliphatic heterocycles. The van der Waals surface area contributed by atoms with Crippen LogP contribution >= 0.6 is 0 Å². The van der Waals surface area contributed by atoms with Crippen LogP contribution < -0.4 is 9.47 Å². The van der Waals surface area contributed by atoms with Crippen molar-refractivity contribution in [1.29, 1.82) is 0 Å². The molecule has 2 heterocycles. The van der Waals surface area contributed by atoms with Crippen molar-refractivity contribution in [2.45, 2.75) is 25.4 Å². The molecule has 7 nitrogen and oxygen atoms in total. The predicted octanol–water partition coefficient (Wildman–Crippen LogP) is 4.47. The number of carbonyl (C=O) groups excluding carboxylic acids is 1. The average Bonchev–Trinajstić information content (AvgIpc) is 3.22. The van der Waals surface area contributed by atoms with Gasteiger partial charge in [0.2, 0.25) is 0 Å². The second kappa shape index (κ2) is 8.67. The summed E-state index contributed by atoms with van der Waals surface area (Å²) in [6.45, 7) is 0.353. The molecule has 0 bridgehead atoms. The van der Waals surface area contributed by atoms with Crippen LogP contribution in [-0.4, -0.2) is 41.7 Å². The Balaban J connectivity index is 1.65. The molecule has 0 spiro atoms. The van der Waals surface area contributed by atoms with E-state index in [1.807, 2.05) is 53.0 Å². The summed E-state index contributed by atoms with van der Waals surface area (Å²) in [6, 6.07) is 15.8. The van der Waals surface area contributed by atoms with E-state index in [0.717, 1.165) is 33.7 Å². The van der Waals surface area contributed by atoms with Crippen LogP contribution in [-0.2, 0) is 17.8 Å². The summed E-state index contributed by atoms with van der Waals surface area (Å²) in [5, 5.41) is 4.85. The predicted molar refractivity (Wildman–Crippen MR) is 124 cm³/mol. The molecule has 2 aromatic carbocycles. The summed E-state index contributed by atoms with van der Waals surface area (Å²) >= 11 is 0. The maximum Gasteiger partial charge on any atom is 0.166 e. The Morgan fingerprint density at radius 3 is 2.58 bits per heavy atom. The normalized spacial score (nSPS) is 15.5. The van der Waals surface area contributed by atoms with Gasteiger partial charge in [-0.05, 0) is 23.6 Å². The molecule has 33 heavy (non-hydrogen) atoms. The lowest BCUT2D eigenvalue weighted by atomic mass is 9.81. The van der Waals surface area contributed by atoms with Gasteiger partial charge in [0.15, 0.2) is 11.4 Å². The number of nitrogens with zero attached hydrogens (tertiary/aromatic N) is 3. The van der Waals surface area contributed by atoms with Gasteiger partial charge in [-0.15, -0.1) is 0 Å². The number of carbonyl (C=O) groups is 1. The second-order valence-corrected chi connectivity index (χ2v) is 8.11. The van der Waals surface area contributed by atoms with Crippen LogP contribution in [0.5, 0.6) is 11.5 Å². The monoisotopic (exact) mass is 443 g/mol. The number of Topliss-reactive ketones (excluding diaryl/α,β-unsaturated/α-hetero) is 1. The molecule has 0 saturated carbocycles. The number of hydrogen-bond acceptors (Lipinski definition) is 6. The molecule has 5 rings (SSSR count). The molecule has 168 valence electrons. The Hall–Kier alpha value is -3.71. The van der Waals surface area contributed by atoms with E-state index in [1.165, 1.54) is 0 Å². The zero-order valence-corrected chi connectivity index (χ0v) is 18.9. The van der Waals surface area contributed by atoms with Gasteiger partial charge in [-0.1, -0.05) is 36.4 Å². The molecule has 0 unspecified atom stereocenters. The van der Waals surface area contributed by atoms with E-state index in [1.54, 1.807) is 27.5 Å². The van der Waals surface area contributed by atoms with Gasteiger partial charge in [-0.2, -0.15) is 5.10 Å². The molecule has 1 atom stereocenters. The topological polar surface area (TPSA) is 75.0 Å². The number of ether oxygens (including phenoxy) is 3. The van der Waals surface area contributed by atoms with Crippen LogP contribution in [0.4, 0.5) is 0 Å². The molecular weight excluding hydrogens is 418 g/mol. The lowest BCUT2D eigenvalue weighted by Gasteiger charge is -2.25. The van der Waals surface area contributed by atoms with E-state index in [-0.39, 0.29) is 11.7 Å². The Labute approximate surface area is 191 Å². The standard InChI is InChI=1S/C26H25N3O4/c1-31-15-21-25(16-7-5-4-6-8-16)26-27-14-20-22(29(26)28-21)11-17(12-23(20)30)19-10-9-18(32-2)13-24(19)33-3/h4-10,13-14,17H,11-12,15H2,1-3H3/t17-/m1/s1. The van der Waals surface area contributed by atoms with E-state index in [4.69, 9.17) is 19.3 Å². The van der Waals surface area contributed by atoms with Crippen LogP contribution in [0.25, 0.3) is 16.8 Å². The SMILES string of the molecule is COCc1nn2c3c(cnc2c1-c1ccccc1)C(=O)C[C@H](c1ccc(OC)cc1OC)C3. The van der Waals surface area contributed by atoms with Crippen molar-refractivity contribution in [3.05, 3.63) is 77.2 Å². The van der Waals surface area contributed by atoms with Crippen molar-refractivity contribution in [3.8, 4) is 22.6 Å². The van der Waals surface area contributed by atoms with Gasteiger partial charge in [0.25, 0.3) is 0 Å². The molecular formula is C26H25N3O4. The molecule has 0 fully saturated rings. The highest BCUT2D eigenvalue weighted by molar-refractivity contribution is 5.99. The largest absolute Gasteiger partial charge is 0.497 e. The van der Waals surface area contributed by atoms with Crippen molar-refractivity contribution in [1.82, 2.24) is 14.6 Å². The molecule has 7 heteroatoms. The van der Waals surface area contributed by atoms with E-state index < -0.39 is 0 Å². The Kier molecular flexibility index (Phi) is 5.56. The Morgan fingerprint density at radius 2 is 1.85 bits per heavy atom. The highest BCUT2D eigenvalue weighted by atomic mass is 16.5. The number of rotatable bonds is 6. The number of methoxy groups -OCH3 is 3. The summed E-state index contributed by atoms with van der Waals surface area (Å²) < 4.78 is 18.2. The second-order valence-electron chi connectivity index (χ2n) is 8.11. The molecule has 2 aromatic heterocycles. The maximum absolute atomic E-state index is 13.2. The fraction of sp³-hybridized carbons (Fsp3) is 0.269. The fourth-order valence-corrected chi connectivity index (χ4v) is 4.66. The molecule has 1 aliphatic carbocycles. The molecule has 0 saturated heterocycles. The zero-order chi connectivity index (χ0) is 22.9. The summed E-state index contributed by atoms with van der Waals surface area (Å²) in [4.78, 5) is 17.8. The number of hydrogen-bond donors (Lipinski definition) is 0. The summed E-state index contributed by atoms with van der Waals surface area (Å²) in [7, 11) is 4.91. The van der Waals surface area contributed by atoms with Crippen molar-refractivity contribution in [3.63, 3.8) is 0 Å². The van der Waals surface area contributed by atoms with Gasteiger partial charge in [-0.3, -0.25) is 4.79 Å². The highest BCUT2D eigenvalue weighted by Gasteiger charge is 2.32.